The lowest BCUT2D eigenvalue weighted by atomic mass is 10.1. The number of Topliss-reactive ketones (excluding diaryl/α,β-unsaturated/α-hetero) is 1. The fraction of sp³-hybridized carbons (Fsp3) is 0.818. The van der Waals surface area contributed by atoms with Crippen molar-refractivity contribution in [2.45, 2.75) is 59.0 Å². The molecule has 1 atom stereocenters. The summed E-state index contributed by atoms with van der Waals surface area (Å²) in [4.78, 5) is 21.5. The molecule has 82 valence electrons. The topological polar surface area (TPSA) is 43.4 Å². The second-order valence-corrected chi connectivity index (χ2v) is 3.62. The normalized spacial score (nSPS) is 12.2. The molecule has 0 radical (unpaired) electrons. The highest BCUT2D eigenvalue weighted by atomic mass is 16.5. The average molecular weight is 200 g/mol. The van der Waals surface area contributed by atoms with Crippen molar-refractivity contribution in [2.75, 3.05) is 0 Å². The zero-order chi connectivity index (χ0) is 11.0. The predicted octanol–water partition coefficient (Wildman–Crippen LogP) is 2.48. The Bertz CT molecular complexity index is 187. The molecule has 0 aliphatic rings. The predicted molar refractivity (Wildman–Crippen MR) is 55.0 cm³/mol. The Morgan fingerprint density at radius 2 is 1.86 bits per heavy atom. The SMILES string of the molecule is CCCCCC[C@@H](C)OC(=O)C(C)=O. The highest BCUT2D eigenvalue weighted by molar-refractivity contribution is 6.32. The molecule has 0 saturated heterocycles. The van der Waals surface area contributed by atoms with Gasteiger partial charge in [0.1, 0.15) is 0 Å². The van der Waals surface area contributed by atoms with E-state index >= 15 is 0 Å². The summed E-state index contributed by atoms with van der Waals surface area (Å²) in [6.45, 7) is 5.21. The molecule has 0 rings (SSSR count). The summed E-state index contributed by atoms with van der Waals surface area (Å²) in [5.41, 5.74) is 0. The number of carbonyl (C=O) groups is 2. The van der Waals surface area contributed by atoms with Gasteiger partial charge in [-0.1, -0.05) is 26.2 Å². The smallest absolute Gasteiger partial charge is 0.374 e. The van der Waals surface area contributed by atoms with Crippen molar-refractivity contribution in [1.82, 2.24) is 0 Å². The van der Waals surface area contributed by atoms with E-state index in [2.05, 4.69) is 6.92 Å². The maximum atomic E-state index is 10.9. The zero-order valence-corrected chi connectivity index (χ0v) is 9.34. The summed E-state index contributed by atoms with van der Waals surface area (Å²) in [5, 5.41) is 0. The lowest BCUT2D eigenvalue weighted by Gasteiger charge is -2.11. The molecule has 0 aliphatic carbocycles. The number of esters is 1. The number of rotatable bonds is 7. The lowest BCUT2D eigenvalue weighted by Crippen LogP contribution is -2.20. The number of hydrogen-bond acceptors (Lipinski definition) is 3. The second-order valence-electron chi connectivity index (χ2n) is 3.62. The largest absolute Gasteiger partial charge is 0.457 e. The molecule has 0 aromatic rings. The van der Waals surface area contributed by atoms with E-state index in [-0.39, 0.29) is 6.10 Å². The monoisotopic (exact) mass is 200 g/mol. The Morgan fingerprint density at radius 3 is 2.36 bits per heavy atom. The molecule has 0 fully saturated rings. The van der Waals surface area contributed by atoms with E-state index in [0.717, 1.165) is 12.8 Å². The molecule has 14 heavy (non-hydrogen) atoms. The molecule has 3 heteroatoms. The first-order valence-corrected chi connectivity index (χ1v) is 5.29. The van der Waals surface area contributed by atoms with Crippen molar-refractivity contribution in [3.8, 4) is 0 Å². The zero-order valence-electron chi connectivity index (χ0n) is 9.34. The third-order valence-electron chi connectivity index (χ3n) is 2.06. The van der Waals surface area contributed by atoms with Gasteiger partial charge >= 0.3 is 5.97 Å². The Labute approximate surface area is 85.8 Å². The van der Waals surface area contributed by atoms with Gasteiger partial charge in [-0.3, -0.25) is 4.79 Å². The summed E-state index contributed by atoms with van der Waals surface area (Å²) in [6, 6.07) is 0. The van der Waals surface area contributed by atoms with E-state index in [1.807, 2.05) is 6.92 Å². The number of unbranched alkanes of at least 4 members (excludes halogenated alkanes) is 3. The second kappa shape index (κ2) is 7.54. The highest BCUT2D eigenvalue weighted by Crippen LogP contribution is 2.07. The Morgan fingerprint density at radius 1 is 1.21 bits per heavy atom. The molecule has 0 bridgehead atoms. The van der Waals surface area contributed by atoms with Crippen LogP contribution in [0.25, 0.3) is 0 Å². The first kappa shape index (κ1) is 13.1. The number of ketones is 1. The first-order chi connectivity index (χ1) is 6.57. The van der Waals surface area contributed by atoms with Crippen molar-refractivity contribution < 1.29 is 14.3 Å². The van der Waals surface area contributed by atoms with E-state index in [9.17, 15) is 9.59 Å². The number of hydrogen-bond donors (Lipinski definition) is 0. The molecule has 0 aromatic carbocycles. The lowest BCUT2D eigenvalue weighted by molar-refractivity contribution is -0.156. The van der Waals surface area contributed by atoms with Gasteiger partial charge in [0.2, 0.25) is 5.78 Å². The van der Waals surface area contributed by atoms with Crippen LogP contribution in [0.1, 0.15) is 52.9 Å². The molecule has 0 saturated carbocycles. The van der Waals surface area contributed by atoms with Crippen LogP contribution < -0.4 is 0 Å². The summed E-state index contributed by atoms with van der Waals surface area (Å²) in [5.74, 6) is -1.24. The standard InChI is InChI=1S/C11H20O3/c1-4-5-6-7-8-9(2)14-11(13)10(3)12/h9H,4-8H2,1-3H3/t9-/m1/s1. The minimum absolute atomic E-state index is 0.136. The van der Waals surface area contributed by atoms with Crippen molar-refractivity contribution in [3.05, 3.63) is 0 Å². The van der Waals surface area contributed by atoms with Crippen LogP contribution >= 0.6 is 0 Å². The van der Waals surface area contributed by atoms with Gasteiger partial charge in [-0.25, -0.2) is 4.79 Å². The van der Waals surface area contributed by atoms with Crippen molar-refractivity contribution in [3.63, 3.8) is 0 Å². The van der Waals surface area contributed by atoms with Crippen LogP contribution in [0.5, 0.6) is 0 Å². The molecule has 0 heterocycles. The van der Waals surface area contributed by atoms with Gasteiger partial charge in [0.05, 0.1) is 6.10 Å². The van der Waals surface area contributed by atoms with Crippen LogP contribution in [-0.2, 0) is 14.3 Å². The molecule has 0 amide bonds. The highest BCUT2D eigenvalue weighted by Gasteiger charge is 2.12. The molecule has 0 spiro atoms. The number of ether oxygens (including phenoxy) is 1. The summed E-state index contributed by atoms with van der Waals surface area (Å²) >= 11 is 0. The van der Waals surface area contributed by atoms with Crippen LogP contribution in [0.3, 0.4) is 0 Å². The van der Waals surface area contributed by atoms with E-state index in [4.69, 9.17) is 4.74 Å². The average Bonchev–Trinajstić information content (AvgIpc) is 2.12. The van der Waals surface area contributed by atoms with Gasteiger partial charge in [-0.15, -0.1) is 0 Å². The molecular weight excluding hydrogens is 180 g/mol. The summed E-state index contributed by atoms with van der Waals surface area (Å²) < 4.78 is 4.90. The van der Waals surface area contributed by atoms with Gasteiger partial charge in [0.25, 0.3) is 0 Å². The van der Waals surface area contributed by atoms with Crippen molar-refractivity contribution >= 4 is 11.8 Å². The van der Waals surface area contributed by atoms with Crippen LogP contribution in [0, 0.1) is 0 Å². The van der Waals surface area contributed by atoms with Crippen molar-refractivity contribution in [2.24, 2.45) is 0 Å². The first-order valence-electron chi connectivity index (χ1n) is 5.29. The molecule has 0 N–H and O–H groups in total. The van der Waals surface area contributed by atoms with Crippen LogP contribution in [0.15, 0.2) is 0 Å². The fourth-order valence-corrected chi connectivity index (χ4v) is 1.18. The van der Waals surface area contributed by atoms with E-state index < -0.39 is 11.8 Å². The Kier molecular flexibility index (Phi) is 7.07. The minimum Gasteiger partial charge on any atom is -0.457 e. The van der Waals surface area contributed by atoms with Crippen LogP contribution in [0.2, 0.25) is 0 Å². The summed E-state index contributed by atoms with van der Waals surface area (Å²) in [7, 11) is 0. The quantitative estimate of drug-likeness (QED) is 0.360. The maximum Gasteiger partial charge on any atom is 0.374 e. The molecular formula is C11H20O3. The van der Waals surface area contributed by atoms with Gasteiger partial charge in [0, 0.05) is 6.92 Å². The Hall–Kier alpha value is -0.860. The fourth-order valence-electron chi connectivity index (χ4n) is 1.18. The van der Waals surface area contributed by atoms with Crippen molar-refractivity contribution in [1.29, 1.82) is 0 Å². The van der Waals surface area contributed by atoms with Crippen LogP contribution in [0.4, 0.5) is 0 Å². The maximum absolute atomic E-state index is 10.9. The molecule has 0 aliphatic heterocycles. The van der Waals surface area contributed by atoms with Gasteiger partial charge in [0.15, 0.2) is 0 Å². The van der Waals surface area contributed by atoms with Gasteiger partial charge < -0.3 is 4.74 Å². The Balaban J connectivity index is 3.50. The third kappa shape index (κ3) is 6.63. The third-order valence-corrected chi connectivity index (χ3v) is 2.06. The number of carbonyl (C=O) groups excluding carboxylic acids is 2. The van der Waals surface area contributed by atoms with Gasteiger partial charge in [-0.2, -0.15) is 0 Å². The van der Waals surface area contributed by atoms with E-state index in [1.54, 1.807) is 0 Å². The summed E-state index contributed by atoms with van der Waals surface area (Å²) in [6.07, 6.45) is 5.34. The van der Waals surface area contributed by atoms with Gasteiger partial charge in [-0.05, 0) is 19.8 Å². The molecule has 3 nitrogen and oxygen atoms in total. The van der Waals surface area contributed by atoms with E-state index in [1.165, 1.54) is 26.2 Å². The minimum atomic E-state index is -0.715. The molecule has 0 aromatic heterocycles. The van der Waals surface area contributed by atoms with E-state index in [0.29, 0.717) is 0 Å². The van der Waals surface area contributed by atoms with Crippen LogP contribution in [-0.4, -0.2) is 17.9 Å². The molecule has 0 unspecified atom stereocenters.